The zero-order valence-electron chi connectivity index (χ0n) is 15.3. The van der Waals surface area contributed by atoms with E-state index in [2.05, 4.69) is 10.4 Å². The fourth-order valence-corrected chi connectivity index (χ4v) is 3.39. The maximum Gasteiger partial charge on any atom is 0.389 e. The van der Waals surface area contributed by atoms with Crippen molar-refractivity contribution in [2.45, 2.75) is 33.2 Å². The molecular formula is C16H19N5O6S. The molecule has 2 rings (SSSR count). The van der Waals surface area contributed by atoms with Gasteiger partial charge in [0, 0.05) is 6.42 Å². The highest BCUT2D eigenvalue weighted by molar-refractivity contribution is 7.18. The number of anilines is 1. The number of esters is 1. The number of nitrogens with two attached hydrogens (primary N) is 1. The smallest absolute Gasteiger partial charge is 0.389 e. The van der Waals surface area contributed by atoms with E-state index in [9.17, 15) is 24.5 Å². The molecule has 0 saturated carbocycles. The molecule has 0 aliphatic carbocycles. The molecule has 0 radical (unpaired) electrons. The Balaban J connectivity index is 2.13. The molecule has 0 saturated heterocycles. The molecule has 12 heteroatoms. The lowest BCUT2D eigenvalue weighted by molar-refractivity contribution is -0.389. The number of aromatic nitrogens is 2. The number of aryl methyl sites for hydroxylation is 1. The Bertz CT molecular complexity index is 919. The number of nitrogens with zero attached hydrogens (tertiary/aromatic N) is 3. The predicted molar refractivity (Wildman–Crippen MR) is 100 cm³/mol. The van der Waals surface area contributed by atoms with Crippen molar-refractivity contribution in [1.82, 2.24) is 9.78 Å². The number of nitrogens with one attached hydrogen (secondary N) is 1. The van der Waals surface area contributed by atoms with Gasteiger partial charge >= 0.3 is 11.8 Å². The van der Waals surface area contributed by atoms with Crippen LogP contribution in [-0.4, -0.2) is 39.1 Å². The van der Waals surface area contributed by atoms with Gasteiger partial charge in [-0.3, -0.25) is 9.59 Å². The van der Waals surface area contributed by atoms with Crippen molar-refractivity contribution in [3.05, 3.63) is 38.4 Å². The van der Waals surface area contributed by atoms with Crippen LogP contribution in [0.15, 0.2) is 12.3 Å². The first-order valence-corrected chi connectivity index (χ1v) is 9.14. The molecule has 0 spiro atoms. The Labute approximate surface area is 163 Å². The van der Waals surface area contributed by atoms with Crippen LogP contribution in [0, 0.1) is 17.0 Å². The second-order valence-electron chi connectivity index (χ2n) is 5.75. The van der Waals surface area contributed by atoms with Crippen LogP contribution in [0.2, 0.25) is 0 Å². The normalized spacial score (nSPS) is 10.5. The molecule has 0 bridgehead atoms. The quantitative estimate of drug-likeness (QED) is 0.363. The van der Waals surface area contributed by atoms with Gasteiger partial charge in [0.25, 0.3) is 5.91 Å². The van der Waals surface area contributed by atoms with Gasteiger partial charge in [0.05, 0.1) is 41.0 Å². The van der Waals surface area contributed by atoms with E-state index < -0.39 is 22.7 Å². The number of primary amides is 1. The summed E-state index contributed by atoms with van der Waals surface area (Å²) in [5.41, 5.74) is 5.77. The predicted octanol–water partition coefficient (Wildman–Crippen LogP) is 1.86. The third-order valence-electron chi connectivity index (χ3n) is 3.65. The van der Waals surface area contributed by atoms with E-state index in [0.717, 1.165) is 11.3 Å². The summed E-state index contributed by atoms with van der Waals surface area (Å²) in [6.45, 7) is 3.69. The summed E-state index contributed by atoms with van der Waals surface area (Å²) in [6, 6.07) is 1.22. The molecule has 11 nitrogen and oxygen atoms in total. The molecule has 0 aliphatic heterocycles. The average Bonchev–Trinajstić information content (AvgIpc) is 3.23. The molecule has 2 amide bonds. The summed E-state index contributed by atoms with van der Waals surface area (Å²) in [5.74, 6) is -2.14. The summed E-state index contributed by atoms with van der Waals surface area (Å²) in [5, 5.41) is 17.1. The Morgan fingerprint density at radius 1 is 1.43 bits per heavy atom. The maximum atomic E-state index is 12.3. The molecule has 3 N–H and O–H groups in total. The topological polar surface area (TPSA) is 159 Å². The van der Waals surface area contributed by atoms with Gasteiger partial charge in [-0.1, -0.05) is 6.92 Å². The number of nitro groups is 1. The number of ether oxygens (including phenoxy) is 1. The summed E-state index contributed by atoms with van der Waals surface area (Å²) in [4.78, 5) is 46.3. The van der Waals surface area contributed by atoms with Crippen molar-refractivity contribution in [1.29, 1.82) is 0 Å². The molecule has 0 aromatic carbocycles. The molecule has 150 valence electrons. The van der Waals surface area contributed by atoms with Crippen LogP contribution in [-0.2, 0) is 16.1 Å². The molecule has 28 heavy (non-hydrogen) atoms. The highest BCUT2D eigenvalue weighted by Crippen LogP contribution is 2.33. The van der Waals surface area contributed by atoms with E-state index in [4.69, 9.17) is 10.5 Å². The lowest BCUT2D eigenvalue weighted by Crippen LogP contribution is -2.17. The minimum Gasteiger partial charge on any atom is -0.462 e. The van der Waals surface area contributed by atoms with Crippen molar-refractivity contribution in [3.63, 3.8) is 0 Å². The Hall–Kier alpha value is -3.28. The third kappa shape index (κ3) is 4.91. The second-order valence-corrected chi connectivity index (χ2v) is 6.77. The number of thiophene rings is 1. The molecule has 0 atom stereocenters. The zero-order chi connectivity index (χ0) is 20.8. The summed E-state index contributed by atoms with van der Waals surface area (Å²) in [6.07, 6.45) is 1.96. The molecular weight excluding hydrogens is 390 g/mol. The Morgan fingerprint density at radius 2 is 2.14 bits per heavy atom. The van der Waals surface area contributed by atoms with Crippen molar-refractivity contribution >= 4 is 39.9 Å². The zero-order valence-corrected chi connectivity index (χ0v) is 16.1. The Kier molecular flexibility index (Phi) is 6.82. The van der Waals surface area contributed by atoms with E-state index in [1.807, 2.05) is 6.92 Å². The molecule has 2 aromatic rings. The van der Waals surface area contributed by atoms with E-state index in [-0.39, 0.29) is 40.8 Å². The lowest BCUT2D eigenvalue weighted by atomic mass is 10.1. The lowest BCUT2D eigenvalue weighted by Gasteiger charge is -2.07. The SMILES string of the molecule is CCCOC(=O)c1c(NC(=O)CCn2ccc([N+](=O)[O-])n2)sc(C(N)=O)c1C. The first-order chi connectivity index (χ1) is 13.2. The van der Waals surface area contributed by atoms with Gasteiger partial charge in [-0.05, 0) is 23.8 Å². The Morgan fingerprint density at radius 3 is 2.71 bits per heavy atom. The number of rotatable bonds is 9. The molecule has 0 fully saturated rings. The van der Waals surface area contributed by atoms with Crippen LogP contribution >= 0.6 is 11.3 Å². The molecule has 2 aromatic heterocycles. The fraction of sp³-hybridized carbons (Fsp3) is 0.375. The van der Waals surface area contributed by atoms with E-state index in [1.165, 1.54) is 16.9 Å². The first-order valence-electron chi connectivity index (χ1n) is 8.32. The van der Waals surface area contributed by atoms with Crippen molar-refractivity contribution in [2.24, 2.45) is 5.73 Å². The van der Waals surface area contributed by atoms with Crippen LogP contribution in [0.4, 0.5) is 10.8 Å². The number of amides is 2. The molecule has 0 aliphatic rings. The van der Waals surface area contributed by atoms with Gasteiger partial charge in [-0.25, -0.2) is 4.79 Å². The summed E-state index contributed by atoms with van der Waals surface area (Å²) in [7, 11) is 0. The second kappa shape index (κ2) is 9.08. The van der Waals surface area contributed by atoms with E-state index in [1.54, 1.807) is 6.92 Å². The van der Waals surface area contributed by atoms with Gasteiger partial charge in [-0.15, -0.1) is 11.3 Å². The summed E-state index contributed by atoms with van der Waals surface area (Å²) >= 11 is 0.895. The highest BCUT2D eigenvalue weighted by Gasteiger charge is 2.25. The monoisotopic (exact) mass is 409 g/mol. The van der Waals surface area contributed by atoms with Crippen molar-refractivity contribution in [3.8, 4) is 0 Å². The summed E-state index contributed by atoms with van der Waals surface area (Å²) < 4.78 is 6.38. The minimum absolute atomic E-state index is 0.0505. The highest BCUT2D eigenvalue weighted by atomic mass is 32.1. The number of carbonyl (C=O) groups excluding carboxylic acids is 3. The van der Waals surface area contributed by atoms with Gasteiger partial charge in [0.2, 0.25) is 5.91 Å². The largest absolute Gasteiger partial charge is 0.462 e. The fourth-order valence-electron chi connectivity index (χ4n) is 2.33. The minimum atomic E-state index is -0.712. The number of hydrogen-bond donors (Lipinski definition) is 2. The van der Waals surface area contributed by atoms with Crippen LogP contribution in [0.25, 0.3) is 0 Å². The van der Waals surface area contributed by atoms with Gasteiger partial charge in [0.15, 0.2) is 0 Å². The molecule has 0 unspecified atom stereocenters. The number of carbonyl (C=O) groups is 3. The van der Waals surface area contributed by atoms with E-state index in [0.29, 0.717) is 12.0 Å². The average molecular weight is 409 g/mol. The van der Waals surface area contributed by atoms with Crippen molar-refractivity contribution < 1.29 is 24.0 Å². The standard InChI is InChI=1S/C16H19N5O6S/c1-3-8-27-16(24)12-9(2)13(14(17)23)28-15(12)18-11(22)5-7-20-6-4-10(19-20)21(25)26/h4,6H,3,5,7-8H2,1-2H3,(H2,17,23)(H,18,22). The first kappa shape index (κ1) is 21.0. The van der Waals surface area contributed by atoms with Crippen LogP contribution in [0.5, 0.6) is 0 Å². The van der Waals surface area contributed by atoms with Gasteiger partial charge < -0.3 is 25.9 Å². The number of hydrogen-bond acceptors (Lipinski definition) is 8. The van der Waals surface area contributed by atoms with Gasteiger partial charge in [0.1, 0.15) is 5.00 Å². The third-order valence-corrected chi connectivity index (χ3v) is 4.87. The van der Waals surface area contributed by atoms with Crippen LogP contribution in [0.3, 0.4) is 0 Å². The molecule has 2 heterocycles. The van der Waals surface area contributed by atoms with Crippen LogP contribution in [0.1, 0.15) is 45.4 Å². The van der Waals surface area contributed by atoms with E-state index >= 15 is 0 Å². The maximum absolute atomic E-state index is 12.3. The van der Waals surface area contributed by atoms with Crippen LogP contribution < -0.4 is 11.1 Å². The van der Waals surface area contributed by atoms with Crippen molar-refractivity contribution in [2.75, 3.05) is 11.9 Å². The van der Waals surface area contributed by atoms with Gasteiger partial charge in [-0.2, -0.15) is 4.68 Å².